The molecule has 0 amide bonds. The molecule has 0 aromatic heterocycles. The van der Waals surface area contributed by atoms with Crippen LogP contribution in [0.15, 0.2) is 42.5 Å². The summed E-state index contributed by atoms with van der Waals surface area (Å²) >= 11 is 0. The van der Waals surface area contributed by atoms with Gasteiger partial charge < -0.3 is 19.7 Å². The van der Waals surface area contributed by atoms with E-state index >= 15 is 0 Å². The zero-order valence-electron chi connectivity index (χ0n) is 13.8. The molecule has 0 saturated heterocycles. The van der Waals surface area contributed by atoms with Crippen molar-refractivity contribution in [3.8, 4) is 17.2 Å². The Morgan fingerprint density at radius 1 is 1.00 bits per heavy atom. The lowest BCUT2D eigenvalue weighted by atomic mass is 10.1. The lowest BCUT2D eigenvalue weighted by Gasteiger charge is -2.21. The van der Waals surface area contributed by atoms with Crippen molar-refractivity contribution < 1.29 is 24.5 Å². The molecule has 2 rings (SSSR count). The van der Waals surface area contributed by atoms with Crippen molar-refractivity contribution in [2.45, 2.75) is 19.4 Å². The van der Waals surface area contributed by atoms with Gasteiger partial charge in [0.05, 0.1) is 7.11 Å². The van der Waals surface area contributed by atoms with E-state index in [0.29, 0.717) is 5.56 Å². The fourth-order valence-corrected chi connectivity index (χ4v) is 2.01. The summed E-state index contributed by atoms with van der Waals surface area (Å²) in [5, 5.41) is 18.9. The van der Waals surface area contributed by atoms with E-state index in [1.165, 1.54) is 19.9 Å². The van der Waals surface area contributed by atoms with Gasteiger partial charge in [0.15, 0.2) is 5.60 Å². The standard InChI is InChI=1S/C19H20O5/c1-19(2,18(21)22)24-17-11-14(10-15(20)12-17)5-4-13-6-8-16(23-3)9-7-13/h4-12,20H,1-3H3,(H,21,22)/b5-4+. The molecule has 5 heteroatoms. The molecule has 0 aliphatic carbocycles. The number of aromatic hydroxyl groups is 1. The van der Waals surface area contributed by atoms with Crippen LogP contribution in [0.2, 0.25) is 0 Å². The third kappa shape index (κ3) is 4.52. The number of aliphatic carboxylic acids is 1. The lowest BCUT2D eigenvalue weighted by molar-refractivity contribution is -0.152. The minimum Gasteiger partial charge on any atom is -0.508 e. The van der Waals surface area contributed by atoms with Crippen molar-refractivity contribution in [2.24, 2.45) is 0 Å². The molecule has 0 aliphatic heterocycles. The third-order valence-electron chi connectivity index (χ3n) is 3.39. The lowest BCUT2D eigenvalue weighted by Crippen LogP contribution is -2.37. The fraction of sp³-hybridized carbons (Fsp3) is 0.211. The molecule has 0 unspecified atom stereocenters. The first-order valence-electron chi connectivity index (χ1n) is 7.39. The Morgan fingerprint density at radius 3 is 2.21 bits per heavy atom. The smallest absolute Gasteiger partial charge is 0.347 e. The largest absolute Gasteiger partial charge is 0.508 e. The van der Waals surface area contributed by atoms with Crippen molar-refractivity contribution in [2.75, 3.05) is 7.11 Å². The molecule has 0 radical (unpaired) electrons. The molecule has 0 saturated carbocycles. The predicted molar refractivity (Wildman–Crippen MR) is 92.4 cm³/mol. The second kappa shape index (κ2) is 7.08. The first kappa shape index (κ1) is 17.4. The number of carboxylic acid groups (broad SMARTS) is 1. The number of hydrogen-bond acceptors (Lipinski definition) is 4. The average Bonchev–Trinajstić information content (AvgIpc) is 2.52. The normalized spacial score (nSPS) is 11.5. The molecule has 0 atom stereocenters. The van der Waals surface area contributed by atoms with Gasteiger partial charge in [0.1, 0.15) is 17.2 Å². The summed E-state index contributed by atoms with van der Waals surface area (Å²) in [5.74, 6) is -0.0166. The minimum atomic E-state index is -1.38. The average molecular weight is 328 g/mol. The zero-order valence-corrected chi connectivity index (χ0v) is 13.8. The molecule has 0 bridgehead atoms. The second-order valence-electron chi connectivity index (χ2n) is 5.78. The first-order chi connectivity index (χ1) is 11.3. The molecule has 5 nitrogen and oxygen atoms in total. The number of phenols is 1. The molecular formula is C19H20O5. The number of benzene rings is 2. The first-order valence-corrected chi connectivity index (χ1v) is 7.39. The molecule has 0 spiro atoms. The number of ether oxygens (including phenoxy) is 2. The topological polar surface area (TPSA) is 76.0 Å². The highest BCUT2D eigenvalue weighted by Gasteiger charge is 2.29. The van der Waals surface area contributed by atoms with E-state index in [9.17, 15) is 9.90 Å². The number of methoxy groups -OCH3 is 1. The van der Waals surface area contributed by atoms with E-state index in [4.69, 9.17) is 14.6 Å². The SMILES string of the molecule is COc1ccc(/C=C/c2cc(O)cc(OC(C)(C)C(=O)O)c2)cc1. The van der Waals surface area contributed by atoms with Gasteiger partial charge in [-0.05, 0) is 49.2 Å². The van der Waals surface area contributed by atoms with Gasteiger partial charge in [0, 0.05) is 6.07 Å². The van der Waals surface area contributed by atoms with Crippen LogP contribution in [-0.2, 0) is 4.79 Å². The highest BCUT2D eigenvalue weighted by atomic mass is 16.5. The fourth-order valence-electron chi connectivity index (χ4n) is 2.01. The van der Waals surface area contributed by atoms with Crippen LogP contribution >= 0.6 is 0 Å². The summed E-state index contributed by atoms with van der Waals surface area (Å²) in [4.78, 5) is 11.1. The number of carboxylic acids is 1. The van der Waals surface area contributed by atoms with Crippen molar-refractivity contribution in [3.05, 3.63) is 53.6 Å². The van der Waals surface area contributed by atoms with E-state index in [1.807, 2.05) is 36.4 Å². The van der Waals surface area contributed by atoms with E-state index in [0.717, 1.165) is 11.3 Å². The van der Waals surface area contributed by atoms with E-state index in [2.05, 4.69) is 0 Å². The van der Waals surface area contributed by atoms with Gasteiger partial charge in [-0.25, -0.2) is 4.79 Å². The van der Waals surface area contributed by atoms with Crippen LogP contribution in [0.1, 0.15) is 25.0 Å². The van der Waals surface area contributed by atoms with Gasteiger partial charge in [0.25, 0.3) is 0 Å². The van der Waals surface area contributed by atoms with E-state index in [1.54, 1.807) is 19.2 Å². The van der Waals surface area contributed by atoms with Crippen molar-refractivity contribution >= 4 is 18.1 Å². The molecule has 2 aromatic rings. The summed E-state index contributed by atoms with van der Waals surface area (Å²) < 4.78 is 10.6. The van der Waals surface area contributed by atoms with Gasteiger partial charge in [-0.3, -0.25) is 0 Å². The van der Waals surface area contributed by atoms with Crippen molar-refractivity contribution in [3.63, 3.8) is 0 Å². The van der Waals surface area contributed by atoms with Crippen LogP contribution in [0.25, 0.3) is 12.2 Å². The number of carbonyl (C=O) groups is 1. The van der Waals surface area contributed by atoms with Gasteiger partial charge in [-0.1, -0.05) is 24.3 Å². The highest BCUT2D eigenvalue weighted by molar-refractivity contribution is 5.77. The summed E-state index contributed by atoms with van der Waals surface area (Å²) in [6.07, 6.45) is 3.68. The summed E-state index contributed by atoms with van der Waals surface area (Å²) in [6.45, 7) is 2.90. The third-order valence-corrected chi connectivity index (χ3v) is 3.39. The Balaban J connectivity index is 2.21. The molecule has 2 N–H and O–H groups in total. The van der Waals surface area contributed by atoms with Crippen LogP contribution in [0.5, 0.6) is 17.2 Å². The Morgan fingerprint density at radius 2 is 1.62 bits per heavy atom. The summed E-state index contributed by atoms with van der Waals surface area (Å²) in [7, 11) is 1.61. The number of rotatable bonds is 6. The van der Waals surface area contributed by atoms with E-state index in [-0.39, 0.29) is 11.5 Å². The Bertz CT molecular complexity index is 745. The molecule has 126 valence electrons. The Hall–Kier alpha value is -2.95. The van der Waals surface area contributed by atoms with E-state index < -0.39 is 11.6 Å². The van der Waals surface area contributed by atoms with Gasteiger partial charge in [-0.2, -0.15) is 0 Å². The molecule has 0 fully saturated rings. The van der Waals surface area contributed by atoms with Gasteiger partial charge in [-0.15, -0.1) is 0 Å². The molecular weight excluding hydrogens is 308 g/mol. The van der Waals surface area contributed by atoms with Gasteiger partial charge >= 0.3 is 5.97 Å². The Labute approximate surface area is 140 Å². The van der Waals surface area contributed by atoms with Crippen LogP contribution < -0.4 is 9.47 Å². The zero-order chi connectivity index (χ0) is 17.7. The van der Waals surface area contributed by atoms with Crippen molar-refractivity contribution in [1.29, 1.82) is 0 Å². The maximum absolute atomic E-state index is 11.1. The molecule has 0 heterocycles. The monoisotopic (exact) mass is 328 g/mol. The molecule has 0 aliphatic rings. The maximum atomic E-state index is 11.1. The number of phenolic OH excluding ortho intramolecular Hbond substituents is 1. The predicted octanol–water partition coefficient (Wildman–Crippen LogP) is 3.81. The summed E-state index contributed by atoms with van der Waals surface area (Å²) in [6, 6.07) is 12.1. The van der Waals surface area contributed by atoms with Crippen molar-refractivity contribution in [1.82, 2.24) is 0 Å². The maximum Gasteiger partial charge on any atom is 0.347 e. The van der Waals surface area contributed by atoms with Crippen LogP contribution in [-0.4, -0.2) is 28.9 Å². The van der Waals surface area contributed by atoms with Crippen LogP contribution in [0.4, 0.5) is 0 Å². The number of hydrogen-bond donors (Lipinski definition) is 2. The second-order valence-corrected chi connectivity index (χ2v) is 5.78. The summed E-state index contributed by atoms with van der Waals surface area (Å²) in [5.41, 5.74) is 0.277. The Kier molecular flexibility index (Phi) is 5.14. The quantitative estimate of drug-likeness (QED) is 0.789. The van der Waals surface area contributed by atoms with Crippen LogP contribution in [0, 0.1) is 0 Å². The minimum absolute atomic E-state index is 0.00284. The molecule has 24 heavy (non-hydrogen) atoms. The van der Waals surface area contributed by atoms with Gasteiger partial charge in [0.2, 0.25) is 0 Å². The van der Waals surface area contributed by atoms with Crippen LogP contribution in [0.3, 0.4) is 0 Å². The highest BCUT2D eigenvalue weighted by Crippen LogP contribution is 2.26. The molecule has 2 aromatic carbocycles.